The standard InChI is InChI=1S/C11H17ClN4OS/c1-4-18(17)6-5-16-9(7-12)13-10-8(2)14-15(3)11(10)16/h4-7H2,1-3H3. The molecule has 2 heterocycles. The maximum Gasteiger partial charge on any atom is 0.158 e. The first-order valence-electron chi connectivity index (χ1n) is 5.88. The Kier molecular flexibility index (Phi) is 4.07. The van der Waals surface area contributed by atoms with Crippen molar-refractivity contribution in [3.05, 3.63) is 11.5 Å². The molecule has 0 amide bonds. The average Bonchev–Trinajstić information content (AvgIpc) is 2.85. The molecule has 0 fully saturated rings. The lowest BCUT2D eigenvalue weighted by molar-refractivity contribution is 0.663. The zero-order valence-corrected chi connectivity index (χ0v) is 12.4. The molecule has 2 aromatic rings. The predicted octanol–water partition coefficient (Wildman–Crippen LogP) is 1.59. The highest BCUT2D eigenvalue weighted by atomic mass is 35.5. The zero-order chi connectivity index (χ0) is 13.3. The van der Waals surface area contributed by atoms with Crippen molar-refractivity contribution >= 4 is 33.6 Å². The Balaban J connectivity index is 2.43. The van der Waals surface area contributed by atoms with Gasteiger partial charge in [-0.15, -0.1) is 11.6 Å². The number of imidazole rings is 1. The van der Waals surface area contributed by atoms with Crippen molar-refractivity contribution in [1.82, 2.24) is 19.3 Å². The summed E-state index contributed by atoms with van der Waals surface area (Å²) < 4.78 is 15.4. The topological polar surface area (TPSA) is 52.7 Å². The lowest BCUT2D eigenvalue weighted by atomic mass is 10.4. The molecule has 0 aliphatic heterocycles. The van der Waals surface area contributed by atoms with Crippen molar-refractivity contribution in [2.24, 2.45) is 7.05 Å². The molecule has 2 rings (SSSR count). The third-order valence-corrected chi connectivity index (χ3v) is 4.47. The summed E-state index contributed by atoms with van der Waals surface area (Å²) in [6.45, 7) is 4.52. The number of alkyl halides is 1. The number of aryl methyl sites for hydroxylation is 3. The summed E-state index contributed by atoms with van der Waals surface area (Å²) in [7, 11) is 1.11. The Bertz CT molecular complexity index is 589. The lowest BCUT2D eigenvalue weighted by Gasteiger charge is -2.07. The molecule has 0 bridgehead atoms. The largest absolute Gasteiger partial charge is 0.311 e. The van der Waals surface area contributed by atoms with Gasteiger partial charge in [0.05, 0.1) is 11.6 Å². The molecule has 100 valence electrons. The van der Waals surface area contributed by atoms with Crippen LogP contribution in [0.1, 0.15) is 18.4 Å². The van der Waals surface area contributed by atoms with Gasteiger partial charge in [-0.3, -0.25) is 8.89 Å². The Morgan fingerprint density at radius 3 is 2.78 bits per heavy atom. The molecule has 7 heteroatoms. The van der Waals surface area contributed by atoms with Gasteiger partial charge in [0.1, 0.15) is 11.3 Å². The Morgan fingerprint density at radius 1 is 1.44 bits per heavy atom. The number of halogens is 1. The second kappa shape index (κ2) is 5.40. The maximum atomic E-state index is 11.6. The van der Waals surface area contributed by atoms with Gasteiger partial charge < -0.3 is 4.57 Å². The molecular weight excluding hydrogens is 272 g/mol. The van der Waals surface area contributed by atoms with Crippen LogP contribution in [0.2, 0.25) is 0 Å². The molecule has 0 saturated heterocycles. The normalized spacial score (nSPS) is 13.3. The fourth-order valence-electron chi connectivity index (χ4n) is 2.05. The molecule has 1 unspecified atom stereocenters. The minimum Gasteiger partial charge on any atom is -0.311 e. The fourth-order valence-corrected chi connectivity index (χ4v) is 2.93. The first kappa shape index (κ1) is 13.5. The second-order valence-electron chi connectivity index (χ2n) is 4.13. The molecule has 0 N–H and O–H groups in total. The molecule has 1 atom stereocenters. The van der Waals surface area contributed by atoms with Crippen LogP contribution in [0.25, 0.3) is 11.2 Å². The summed E-state index contributed by atoms with van der Waals surface area (Å²) in [6, 6.07) is 0. The Labute approximate surface area is 114 Å². The molecule has 0 radical (unpaired) electrons. The quantitative estimate of drug-likeness (QED) is 0.785. The zero-order valence-electron chi connectivity index (χ0n) is 10.8. The van der Waals surface area contributed by atoms with Crippen LogP contribution in [0.15, 0.2) is 0 Å². The van der Waals surface area contributed by atoms with E-state index in [1.807, 2.05) is 30.1 Å². The van der Waals surface area contributed by atoms with Crippen LogP contribution in [0.3, 0.4) is 0 Å². The third kappa shape index (κ3) is 2.31. The van der Waals surface area contributed by atoms with E-state index in [2.05, 4.69) is 10.1 Å². The van der Waals surface area contributed by atoms with Crippen LogP contribution in [0, 0.1) is 6.92 Å². The van der Waals surface area contributed by atoms with Crippen molar-refractivity contribution in [3.8, 4) is 0 Å². The summed E-state index contributed by atoms with van der Waals surface area (Å²) in [5.74, 6) is 2.47. The van der Waals surface area contributed by atoms with Gasteiger partial charge in [0.15, 0.2) is 5.65 Å². The van der Waals surface area contributed by atoms with E-state index >= 15 is 0 Å². The molecule has 0 aliphatic carbocycles. The van der Waals surface area contributed by atoms with Crippen LogP contribution >= 0.6 is 11.6 Å². The van der Waals surface area contributed by atoms with Crippen molar-refractivity contribution in [1.29, 1.82) is 0 Å². The van der Waals surface area contributed by atoms with Crippen LogP contribution in [0.5, 0.6) is 0 Å². The third-order valence-electron chi connectivity index (χ3n) is 2.95. The summed E-state index contributed by atoms with van der Waals surface area (Å²) in [5, 5.41) is 4.35. The minimum absolute atomic E-state index is 0.354. The van der Waals surface area contributed by atoms with Gasteiger partial charge in [-0.2, -0.15) is 5.10 Å². The lowest BCUT2D eigenvalue weighted by Crippen LogP contribution is -2.13. The summed E-state index contributed by atoms with van der Waals surface area (Å²) >= 11 is 5.93. The molecule has 2 aromatic heterocycles. The average molecular weight is 289 g/mol. The van der Waals surface area contributed by atoms with E-state index in [9.17, 15) is 4.21 Å². The van der Waals surface area contributed by atoms with Gasteiger partial charge in [0.2, 0.25) is 0 Å². The first-order chi connectivity index (χ1) is 8.58. The monoisotopic (exact) mass is 288 g/mol. The molecule has 0 spiro atoms. The SMILES string of the molecule is CCS(=O)CCn1c(CCl)nc2c(C)nn(C)c21. The van der Waals surface area contributed by atoms with E-state index < -0.39 is 10.8 Å². The van der Waals surface area contributed by atoms with Crippen molar-refractivity contribution in [3.63, 3.8) is 0 Å². The minimum atomic E-state index is -0.786. The van der Waals surface area contributed by atoms with E-state index in [0.29, 0.717) is 23.9 Å². The molecule has 0 aromatic carbocycles. The van der Waals surface area contributed by atoms with Gasteiger partial charge in [0, 0.05) is 35.9 Å². The van der Waals surface area contributed by atoms with Gasteiger partial charge >= 0.3 is 0 Å². The molecule has 18 heavy (non-hydrogen) atoms. The number of hydrogen-bond acceptors (Lipinski definition) is 3. The highest BCUT2D eigenvalue weighted by molar-refractivity contribution is 7.84. The van der Waals surface area contributed by atoms with E-state index in [1.165, 1.54) is 0 Å². The van der Waals surface area contributed by atoms with Crippen LogP contribution < -0.4 is 0 Å². The van der Waals surface area contributed by atoms with Crippen LogP contribution in [0.4, 0.5) is 0 Å². The molecule has 0 aliphatic rings. The van der Waals surface area contributed by atoms with Gasteiger partial charge in [-0.25, -0.2) is 4.98 Å². The molecular formula is C11H17ClN4OS. The molecule has 5 nitrogen and oxygen atoms in total. The van der Waals surface area contributed by atoms with Crippen molar-refractivity contribution < 1.29 is 4.21 Å². The smallest absolute Gasteiger partial charge is 0.158 e. The van der Waals surface area contributed by atoms with E-state index in [0.717, 1.165) is 22.7 Å². The Hall–Kier alpha value is -0.880. The van der Waals surface area contributed by atoms with E-state index in [1.54, 1.807) is 0 Å². The van der Waals surface area contributed by atoms with Crippen molar-refractivity contribution in [2.75, 3.05) is 11.5 Å². The predicted molar refractivity (Wildman–Crippen MR) is 74.3 cm³/mol. The van der Waals surface area contributed by atoms with Gasteiger partial charge in [-0.05, 0) is 6.92 Å². The summed E-state index contributed by atoms with van der Waals surface area (Å²) in [6.07, 6.45) is 0. The first-order valence-corrected chi connectivity index (χ1v) is 7.90. The van der Waals surface area contributed by atoms with Crippen LogP contribution in [-0.2, 0) is 30.3 Å². The van der Waals surface area contributed by atoms with Crippen LogP contribution in [-0.4, -0.2) is 35.0 Å². The maximum absolute atomic E-state index is 11.6. The number of aromatic nitrogens is 4. The number of hydrogen-bond donors (Lipinski definition) is 0. The van der Waals surface area contributed by atoms with Crippen molar-refractivity contribution in [2.45, 2.75) is 26.3 Å². The number of nitrogens with zero attached hydrogens (tertiary/aromatic N) is 4. The van der Waals surface area contributed by atoms with Gasteiger partial charge in [0.25, 0.3) is 0 Å². The highest BCUT2D eigenvalue weighted by Gasteiger charge is 2.16. The van der Waals surface area contributed by atoms with Gasteiger partial charge in [-0.1, -0.05) is 6.92 Å². The highest BCUT2D eigenvalue weighted by Crippen LogP contribution is 2.20. The summed E-state index contributed by atoms with van der Waals surface area (Å²) in [4.78, 5) is 4.50. The molecule has 0 saturated carbocycles. The van der Waals surface area contributed by atoms with E-state index in [4.69, 9.17) is 11.6 Å². The van der Waals surface area contributed by atoms with E-state index in [-0.39, 0.29) is 0 Å². The number of fused-ring (bicyclic) bond motifs is 1. The second-order valence-corrected chi connectivity index (χ2v) is 6.26. The Morgan fingerprint density at radius 2 is 2.17 bits per heavy atom. The fraction of sp³-hybridized carbons (Fsp3) is 0.636. The number of rotatable bonds is 5. The summed E-state index contributed by atoms with van der Waals surface area (Å²) in [5.41, 5.74) is 2.74.